The number of nitrogens with two attached hydrogens (primary N) is 1. The molecule has 0 saturated carbocycles. The largest absolute Gasteiger partial charge is 0.434 e. The highest BCUT2D eigenvalue weighted by Gasteiger charge is 2.26. The lowest BCUT2D eigenvalue weighted by atomic mass is 9.96. The van der Waals surface area contributed by atoms with E-state index in [1.165, 1.54) is 0 Å². The lowest BCUT2D eigenvalue weighted by Crippen LogP contribution is -2.18. The Hall–Kier alpha value is -2.04. The van der Waals surface area contributed by atoms with E-state index in [9.17, 15) is 5.11 Å². The molecular weight excluding hydrogens is 300 g/mol. The minimum absolute atomic E-state index is 0.299. The van der Waals surface area contributed by atoms with Crippen LogP contribution in [0.2, 0.25) is 5.02 Å². The van der Waals surface area contributed by atoms with Crippen molar-refractivity contribution in [3.8, 4) is 11.5 Å². The van der Waals surface area contributed by atoms with Crippen LogP contribution in [0.5, 0.6) is 0 Å². The molecule has 1 aromatic heterocycles. The van der Waals surface area contributed by atoms with Crippen molar-refractivity contribution in [1.29, 1.82) is 0 Å². The van der Waals surface area contributed by atoms with Gasteiger partial charge in [0, 0.05) is 16.8 Å². The number of aromatic nitrogens is 1. The van der Waals surface area contributed by atoms with Gasteiger partial charge in [-0.05, 0) is 39.0 Å². The van der Waals surface area contributed by atoms with Crippen LogP contribution in [-0.4, -0.2) is 10.1 Å². The number of anilines is 1. The molecule has 22 heavy (non-hydrogen) atoms. The highest BCUT2D eigenvalue weighted by atomic mass is 35.5. The molecule has 3 N–H and O–H groups in total. The number of hydrogen-bond acceptors (Lipinski definition) is 4. The van der Waals surface area contributed by atoms with E-state index < -0.39 is 5.60 Å². The topological polar surface area (TPSA) is 72.3 Å². The van der Waals surface area contributed by atoms with Crippen LogP contribution in [0.3, 0.4) is 0 Å². The Labute approximate surface area is 133 Å². The van der Waals surface area contributed by atoms with Crippen LogP contribution in [0.15, 0.2) is 34.7 Å². The van der Waals surface area contributed by atoms with Crippen molar-refractivity contribution in [2.24, 2.45) is 0 Å². The Morgan fingerprint density at radius 3 is 2.45 bits per heavy atom. The number of aliphatic hydroxyl groups is 1. The summed E-state index contributed by atoms with van der Waals surface area (Å²) in [5.74, 6) is 0.476. The molecule has 3 aromatic rings. The van der Waals surface area contributed by atoms with E-state index >= 15 is 0 Å². The molecule has 0 aliphatic rings. The minimum Gasteiger partial charge on any atom is -0.434 e. The Morgan fingerprint density at radius 1 is 1.23 bits per heavy atom. The van der Waals surface area contributed by atoms with Crippen molar-refractivity contribution >= 4 is 28.4 Å². The van der Waals surface area contributed by atoms with Crippen molar-refractivity contribution in [2.75, 3.05) is 5.73 Å². The monoisotopic (exact) mass is 316 g/mol. The van der Waals surface area contributed by atoms with Gasteiger partial charge in [0.15, 0.2) is 5.58 Å². The van der Waals surface area contributed by atoms with Crippen LogP contribution < -0.4 is 5.73 Å². The van der Waals surface area contributed by atoms with Gasteiger partial charge in [0.05, 0.1) is 10.6 Å². The number of fused-ring (bicyclic) bond motifs is 1. The van der Waals surface area contributed by atoms with Crippen molar-refractivity contribution in [1.82, 2.24) is 4.98 Å². The molecule has 1 heterocycles. The summed E-state index contributed by atoms with van der Waals surface area (Å²) >= 11 is 6.38. The number of nitrogens with zero attached hydrogens (tertiary/aromatic N) is 1. The summed E-state index contributed by atoms with van der Waals surface area (Å²) < 4.78 is 5.81. The third-order valence-electron chi connectivity index (χ3n) is 3.56. The van der Waals surface area contributed by atoms with Gasteiger partial charge in [-0.2, -0.15) is 0 Å². The number of aryl methyl sites for hydroxylation is 1. The molecule has 0 spiro atoms. The molecule has 0 fully saturated rings. The van der Waals surface area contributed by atoms with E-state index in [1.54, 1.807) is 19.9 Å². The summed E-state index contributed by atoms with van der Waals surface area (Å²) in [6.45, 7) is 5.28. The summed E-state index contributed by atoms with van der Waals surface area (Å²) in [6, 6.07) is 9.53. The third kappa shape index (κ3) is 2.45. The first kappa shape index (κ1) is 14.9. The molecule has 0 aliphatic carbocycles. The van der Waals surface area contributed by atoms with Gasteiger partial charge in [0.25, 0.3) is 0 Å². The SMILES string of the molecule is Cc1ccc(-c2nc3cc(N)c(C(C)(C)O)c(Cl)c3o2)cc1. The van der Waals surface area contributed by atoms with E-state index in [0.717, 1.165) is 11.1 Å². The van der Waals surface area contributed by atoms with E-state index in [1.807, 2.05) is 31.2 Å². The zero-order valence-corrected chi connectivity index (χ0v) is 13.4. The average molecular weight is 317 g/mol. The zero-order chi connectivity index (χ0) is 16.1. The van der Waals surface area contributed by atoms with E-state index in [-0.39, 0.29) is 0 Å². The highest BCUT2D eigenvalue weighted by Crippen LogP contribution is 2.39. The lowest BCUT2D eigenvalue weighted by Gasteiger charge is -2.21. The van der Waals surface area contributed by atoms with Gasteiger partial charge in [-0.1, -0.05) is 29.3 Å². The minimum atomic E-state index is -1.16. The molecule has 4 nitrogen and oxygen atoms in total. The van der Waals surface area contributed by atoms with Gasteiger partial charge < -0.3 is 15.3 Å². The quantitative estimate of drug-likeness (QED) is 0.693. The molecule has 0 unspecified atom stereocenters. The number of oxazole rings is 1. The molecule has 0 atom stereocenters. The maximum absolute atomic E-state index is 10.2. The molecule has 0 radical (unpaired) electrons. The number of benzene rings is 2. The highest BCUT2D eigenvalue weighted by molar-refractivity contribution is 6.36. The summed E-state index contributed by atoms with van der Waals surface area (Å²) in [7, 11) is 0. The lowest BCUT2D eigenvalue weighted by molar-refractivity contribution is 0.0795. The van der Waals surface area contributed by atoms with Crippen molar-refractivity contribution in [3.63, 3.8) is 0 Å². The fourth-order valence-corrected chi connectivity index (χ4v) is 2.96. The average Bonchev–Trinajstić information content (AvgIpc) is 2.82. The normalized spacial score (nSPS) is 12.0. The van der Waals surface area contributed by atoms with Crippen LogP contribution >= 0.6 is 11.6 Å². The molecule has 0 bridgehead atoms. The summed E-state index contributed by atoms with van der Waals surface area (Å²) in [5.41, 5.74) is 8.73. The molecule has 2 aromatic carbocycles. The first-order chi connectivity index (χ1) is 10.3. The molecule has 0 saturated heterocycles. The summed E-state index contributed by atoms with van der Waals surface area (Å²) in [5, 5.41) is 10.5. The van der Waals surface area contributed by atoms with E-state index in [4.69, 9.17) is 21.8 Å². The predicted molar refractivity (Wildman–Crippen MR) is 88.8 cm³/mol. The molecule has 114 valence electrons. The van der Waals surface area contributed by atoms with Crippen LogP contribution in [0, 0.1) is 6.92 Å². The van der Waals surface area contributed by atoms with Gasteiger partial charge in [-0.25, -0.2) is 4.98 Å². The second kappa shape index (κ2) is 5.00. The van der Waals surface area contributed by atoms with Gasteiger partial charge in [0.2, 0.25) is 5.89 Å². The predicted octanol–water partition coefficient (Wildman–Crippen LogP) is 4.27. The van der Waals surface area contributed by atoms with Crippen molar-refractivity contribution in [3.05, 3.63) is 46.5 Å². The Morgan fingerprint density at radius 2 is 1.86 bits per heavy atom. The molecule has 3 rings (SSSR count). The van der Waals surface area contributed by atoms with Crippen molar-refractivity contribution < 1.29 is 9.52 Å². The Balaban J connectivity index is 2.22. The van der Waals surface area contributed by atoms with Crippen LogP contribution in [-0.2, 0) is 5.60 Å². The second-order valence-electron chi connectivity index (χ2n) is 5.95. The maximum atomic E-state index is 10.2. The fourth-order valence-electron chi connectivity index (χ4n) is 2.49. The van der Waals surface area contributed by atoms with Crippen molar-refractivity contribution in [2.45, 2.75) is 26.4 Å². The molecule has 0 aliphatic heterocycles. The van der Waals surface area contributed by atoms with Gasteiger partial charge in [0.1, 0.15) is 5.52 Å². The fraction of sp³-hybridized carbons (Fsp3) is 0.235. The van der Waals surface area contributed by atoms with E-state index in [2.05, 4.69) is 4.98 Å². The molecule has 5 heteroatoms. The van der Waals surface area contributed by atoms with Crippen LogP contribution in [0.25, 0.3) is 22.6 Å². The standard InChI is InChI=1S/C17H17ClN2O2/c1-9-4-6-10(7-5-9)16-20-12-8-11(19)13(17(2,3)21)14(18)15(12)22-16/h4-8,21H,19H2,1-3H3. The number of hydrogen-bond donors (Lipinski definition) is 2. The smallest absolute Gasteiger partial charge is 0.227 e. The first-order valence-electron chi connectivity index (χ1n) is 6.96. The summed E-state index contributed by atoms with van der Waals surface area (Å²) in [4.78, 5) is 4.44. The number of rotatable bonds is 2. The van der Waals surface area contributed by atoms with Gasteiger partial charge >= 0.3 is 0 Å². The Bertz CT molecular complexity index is 846. The number of nitrogen functional groups attached to an aromatic ring is 1. The second-order valence-corrected chi connectivity index (χ2v) is 6.33. The molecule has 0 amide bonds. The third-order valence-corrected chi connectivity index (χ3v) is 3.92. The van der Waals surface area contributed by atoms with Gasteiger partial charge in [-0.3, -0.25) is 0 Å². The van der Waals surface area contributed by atoms with Crippen LogP contribution in [0.4, 0.5) is 5.69 Å². The van der Waals surface area contributed by atoms with Crippen LogP contribution in [0.1, 0.15) is 25.0 Å². The molecular formula is C17H17ClN2O2. The number of halogens is 1. The van der Waals surface area contributed by atoms with Gasteiger partial charge in [-0.15, -0.1) is 0 Å². The Kier molecular flexibility index (Phi) is 3.38. The summed E-state index contributed by atoms with van der Waals surface area (Å²) in [6.07, 6.45) is 0. The zero-order valence-electron chi connectivity index (χ0n) is 12.6. The van der Waals surface area contributed by atoms with E-state index in [0.29, 0.717) is 33.3 Å². The maximum Gasteiger partial charge on any atom is 0.227 e. The first-order valence-corrected chi connectivity index (χ1v) is 7.33.